The summed E-state index contributed by atoms with van der Waals surface area (Å²) in [6.07, 6.45) is 12.9. The molecule has 3 fully saturated rings. The maximum absolute atomic E-state index is 13.6. The molecule has 1 saturated heterocycles. The molecule has 3 aliphatic carbocycles. The number of amides is 1. The first kappa shape index (κ1) is 29.0. The van der Waals surface area contributed by atoms with Gasteiger partial charge in [-0.1, -0.05) is 36.8 Å². The Balaban J connectivity index is 1.26. The van der Waals surface area contributed by atoms with Gasteiger partial charge in [0.15, 0.2) is 0 Å². The molecule has 0 radical (unpaired) electrons. The zero-order valence-corrected chi connectivity index (χ0v) is 26.4. The number of hydrogen-bond acceptors (Lipinski definition) is 6. The highest BCUT2D eigenvalue weighted by atomic mass is 16.6. The lowest BCUT2D eigenvalue weighted by Crippen LogP contribution is -2.50. The van der Waals surface area contributed by atoms with Crippen LogP contribution in [0.3, 0.4) is 0 Å². The number of aryl methyl sites for hydroxylation is 2. The van der Waals surface area contributed by atoms with E-state index in [0.29, 0.717) is 31.7 Å². The van der Waals surface area contributed by atoms with Crippen molar-refractivity contribution in [2.45, 2.75) is 76.9 Å². The van der Waals surface area contributed by atoms with Crippen LogP contribution in [0, 0.1) is 12.3 Å². The van der Waals surface area contributed by atoms with Crippen LogP contribution in [0.2, 0.25) is 0 Å². The van der Waals surface area contributed by atoms with Crippen molar-refractivity contribution in [3.63, 3.8) is 0 Å². The molecule has 230 valence electrons. The molecule has 8 heteroatoms. The Morgan fingerprint density at radius 2 is 1.84 bits per heavy atom. The topological polar surface area (TPSA) is 80.6 Å². The van der Waals surface area contributed by atoms with Crippen LogP contribution in [0.15, 0.2) is 49.1 Å². The van der Waals surface area contributed by atoms with Crippen molar-refractivity contribution < 1.29 is 14.3 Å². The number of fused-ring (bicyclic) bond motifs is 2. The molecular formula is C36H43N5O3. The lowest BCUT2D eigenvalue weighted by molar-refractivity contribution is -0.120. The number of ketones is 1. The number of allylic oxidation sites excluding steroid dienone is 1. The van der Waals surface area contributed by atoms with E-state index in [-0.39, 0.29) is 29.1 Å². The van der Waals surface area contributed by atoms with E-state index >= 15 is 0 Å². The summed E-state index contributed by atoms with van der Waals surface area (Å²) in [5.74, 6) is 0.168. The van der Waals surface area contributed by atoms with Gasteiger partial charge in [-0.3, -0.25) is 14.7 Å². The highest BCUT2D eigenvalue weighted by Crippen LogP contribution is 2.50. The van der Waals surface area contributed by atoms with Gasteiger partial charge in [-0.15, -0.1) is 0 Å². The van der Waals surface area contributed by atoms with Gasteiger partial charge in [0.2, 0.25) is 0 Å². The van der Waals surface area contributed by atoms with Gasteiger partial charge in [0.25, 0.3) is 0 Å². The number of imidazole rings is 1. The van der Waals surface area contributed by atoms with Crippen LogP contribution in [0.25, 0.3) is 11.6 Å². The summed E-state index contributed by atoms with van der Waals surface area (Å²) in [6.45, 7) is 9.03. The van der Waals surface area contributed by atoms with Gasteiger partial charge >= 0.3 is 6.09 Å². The van der Waals surface area contributed by atoms with Gasteiger partial charge < -0.3 is 14.2 Å². The fraction of sp³-hybridized carbons (Fsp3) is 0.500. The zero-order valence-electron chi connectivity index (χ0n) is 26.4. The lowest BCUT2D eigenvalue weighted by Gasteiger charge is -2.39. The van der Waals surface area contributed by atoms with Gasteiger partial charge in [-0.05, 0) is 79.4 Å². The van der Waals surface area contributed by atoms with Crippen LogP contribution in [-0.4, -0.2) is 68.0 Å². The molecule has 1 amide bonds. The summed E-state index contributed by atoms with van der Waals surface area (Å²) in [5, 5.41) is 0. The van der Waals surface area contributed by atoms with Gasteiger partial charge in [0.1, 0.15) is 11.4 Å². The average molecular weight is 594 g/mol. The van der Waals surface area contributed by atoms with E-state index < -0.39 is 0 Å². The number of carbonyl (C=O) groups is 2. The van der Waals surface area contributed by atoms with Crippen molar-refractivity contribution in [3.05, 3.63) is 82.7 Å². The quantitative estimate of drug-likeness (QED) is 0.305. The number of benzene rings is 1. The summed E-state index contributed by atoms with van der Waals surface area (Å²) in [6, 6.07) is 10.8. The minimum atomic E-state index is -0.278. The second kappa shape index (κ2) is 11.0. The predicted octanol–water partition coefficient (Wildman–Crippen LogP) is 6.31. The maximum Gasteiger partial charge on any atom is 0.410 e. The monoisotopic (exact) mass is 593 g/mol. The normalized spacial score (nSPS) is 22.2. The van der Waals surface area contributed by atoms with Crippen LogP contribution < -0.4 is 0 Å². The van der Waals surface area contributed by atoms with Crippen molar-refractivity contribution in [3.8, 4) is 0 Å². The van der Waals surface area contributed by atoms with Crippen LogP contribution >= 0.6 is 0 Å². The smallest absolute Gasteiger partial charge is 0.410 e. The van der Waals surface area contributed by atoms with Gasteiger partial charge in [0.05, 0.1) is 18.1 Å². The maximum atomic E-state index is 13.6. The Bertz CT molecular complexity index is 1620. The van der Waals surface area contributed by atoms with E-state index in [4.69, 9.17) is 9.72 Å². The number of piperazine rings is 1. The summed E-state index contributed by atoms with van der Waals surface area (Å²) in [7, 11) is 2.02. The third kappa shape index (κ3) is 5.72. The Hall–Kier alpha value is -3.78. The molecule has 0 unspecified atom stereocenters. The van der Waals surface area contributed by atoms with Crippen molar-refractivity contribution >= 4 is 23.5 Å². The fourth-order valence-electron chi connectivity index (χ4n) is 6.95. The molecule has 0 spiro atoms. The molecule has 44 heavy (non-hydrogen) atoms. The standard InChI is InChI=1S/C36H43N5O3/c1-24-7-8-27-28(18-24)29(30(31-22-37-23-39(31)4)20-26(42)21-35(2)9-10-35)19-25-6-5-13-38-32(25)33(27)40-14-16-41(17-15-40)34(43)44-36(3)11-12-36/h5-8,13,18-19,22-23,30,33H,9-12,14-17,20-21H2,1-4H3/t30-,33+/m1/s1. The number of hydrogen-bond donors (Lipinski definition) is 0. The lowest BCUT2D eigenvalue weighted by atomic mass is 9.81. The third-order valence-electron chi connectivity index (χ3n) is 10.2. The number of nitrogens with zero attached hydrogens (tertiary/aromatic N) is 5. The van der Waals surface area contributed by atoms with E-state index in [9.17, 15) is 9.59 Å². The SMILES string of the molecule is Cc1ccc2c(c1)C([C@@H](CC(=O)CC1(C)CC1)c1cncn1C)=Cc1cccnc1[C@H]2N1CCN(C(=O)OC2(C)CC2)CC1. The molecule has 1 aliphatic heterocycles. The summed E-state index contributed by atoms with van der Waals surface area (Å²) in [4.78, 5) is 40.3. The second-order valence-electron chi connectivity index (χ2n) is 14.1. The van der Waals surface area contributed by atoms with Crippen LogP contribution in [0.5, 0.6) is 0 Å². The highest BCUT2D eigenvalue weighted by Gasteiger charge is 2.44. The third-order valence-corrected chi connectivity index (χ3v) is 10.2. The molecule has 8 nitrogen and oxygen atoms in total. The largest absolute Gasteiger partial charge is 0.443 e. The van der Waals surface area contributed by atoms with Crippen molar-refractivity contribution in [2.24, 2.45) is 12.5 Å². The summed E-state index contributed by atoms with van der Waals surface area (Å²) in [5.41, 5.74) is 7.66. The first-order valence-electron chi connectivity index (χ1n) is 16.1. The summed E-state index contributed by atoms with van der Waals surface area (Å²) >= 11 is 0. The van der Waals surface area contributed by atoms with Crippen molar-refractivity contribution in [2.75, 3.05) is 26.2 Å². The van der Waals surface area contributed by atoms with Crippen molar-refractivity contribution in [1.29, 1.82) is 0 Å². The average Bonchev–Trinajstić information content (AvgIpc) is 3.88. The first-order valence-corrected chi connectivity index (χ1v) is 16.1. The molecule has 1 aromatic carbocycles. The molecule has 3 aromatic rings. The number of Topliss-reactive ketones (excluding diaryl/α,β-unsaturated/α-hetero) is 1. The second-order valence-corrected chi connectivity index (χ2v) is 14.1. The zero-order chi connectivity index (χ0) is 30.6. The number of carbonyl (C=O) groups excluding carboxylic acids is 2. The fourth-order valence-corrected chi connectivity index (χ4v) is 6.95. The van der Waals surface area contributed by atoms with E-state index in [2.05, 4.69) is 58.6 Å². The Labute approximate surface area is 260 Å². The number of ether oxygens (including phenoxy) is 1. The molecule has 2 atom stereocenters. The highest BCUT2D eigenvalue weighted by molar-refractivity contribution is 5.92. The van der Waals surface area contributed by atoms with E-state index in [0.717, 1.165) is 66.9 Å². The minimum absolute atomic E-state index is 0.0806. The van der Waals surface area contributed by atoms with Gasteiger partial charge in [0, 0.05) is 70.1 Å². The molecule has 0 N–H and O–H groups in total. The molecule has 0 bridgehead atoms. The van der Waals surface area contributed by atoms with Gasteiger partial charge in [-0.2, -0.15) is 0 Å². The Morgan fingerprint density at radius 1 is 1.07 bits per heavy atom. The van der Waals surface area contributed by atoms with Crippen LogP contribution in [0.4, 0.5) is 4.79 Å². The van der Waals surface area contributed by atoms with E-state index in [1.807, 2.05) is 43.7 Å². The number of pyridine rings is 1. The summed E-state index contributed by atoms with van der Waals surface area (Å²) < 4.78 is 7.83. The number of rotatable bonds is 8. The van der Waals surface area contributed by atoms with Crippen LogP contribution in [0.1, 0.15) is 98.0 Å². The molecule has 2 saturated carbocycles. The molecule has 3 heterocycles. The van der Waals surface area contributed by atoms with E-state index in [1.165, 1.54) is 11.1 Å². The minimum Gasteiger partial charge on any atom is -0.443 e. The number of aromatic nitrogens is 3. The predicted molar refractivity (Wildman–Crippen MR) is 170 cm³/mol. The molecule has 4 aliphatic rings. The molecule has 2 aromatic heterocycles. The van der Waals surface area contributed by atoms with Crippen molar-refractivity contribution in [1.82, 2.24) is 24.3 Å². The van der Waals surface area contributed by atoms with Gasteiger partial charge in [-0.25, -0.2) is 9.78 Å². The van der Waals surface area contributed by atoms with E-state index in [1.54, 1.807) is 0 Å². The first-order chi connectivity index (χ1) is 21.1. The Morgan fingerprint density at radius 3 is 2.52 bits per heavy atom. The molecular weight excluding hydrogens is 550 g/mol. The van der Waals surface area contributed by atoms with Crippen LogP contribution in [-0.2, 0) is 16.6 Å². The Kier molecular flexibility index (Phi) is 7.23. The molecule has 7 rings (SSSR count).